The smallest absolute Gasteiger partial charge is 0.292 e. The van der Waals surface area contributed by atoms with E-state index in [-0.39, 0.29) is 11.2 Å². The first kappa shape index (κ1) is 14.6. The second-order valence-electron chi connectivity index (χ2n) is 4.63. The minimum atomic E-state index is -0.354. The molecule has 0 saturated carbocycles. The van der Waals surface area contributed by atoms with Crippen molar-refractivity contribution in [1.82, 2.24) is 14.8 Å². The van der Waals surface area contributed by atoms with Gasteiger partial charge in [-0.25, -0.2) is 0 Å². The van der Waals surface area contributed by atoms with E-state index in [9.17, 15) is 4.79 Å². The van der Waals surface area contributed by atoms with E-state index in [1.165, 1.54) is 0 Å². The Morgan fingerprint density at radius 3 is 2.45 bits per heavy atom. The number of nitrogens with zero attached hydrogens (tertiary/aromatic N) is 3. The summed E-state index contributed by atoms with van der Waals surface area (Å²) in [5, 5.41) is 14.3. The fraction of sp³-hybridized carbons (Fsp3) is 0.0714. The molecule has 0 bridgehead atoms. The van der Waals surface area contributed by atoms with Gasteiger partial charge in [0.15, 0.2) is 5.69 Å². The van der Waals surface area contributed by atoms with Crippen LogP contribution in [0.2, 0.25) is 10.0 Å². The number of aryl methyl sites for hydroxylation is 1. The minimum Gasteiger partial charge on any atom is -0.349 e. The van der Waals surface area contributed by atoms with Crippen molar-refractivity contribution in [3.63, 3.8) is 0 Å². The maximum absolute atomic E-state index is 11.9. The van der Waals surface area contributed by atoms with Gasteiger partial charge in [0.25, 0.3) is 5.56 Å². The highest BCUT2D eigenvalue weighted by Gasteiger charge is 2.13. The van der Waals surface area contributed by atoms with Gasteiger partial charge in [0.2, 0.25) is 0 Å². The molecule has 0 aliphatic rings. The first-order chi connectivity index (χ1) is 10.5. The van der Waals surface area contributed by atoms with Crippen LogP contribution in [0.1, 0.15) is 0 Å². The molecule has 6 nitrogen and oxygen atoms in total. The molecule has 2 N–H and O–H groups in total. The average molecular weight is 336 g/mol. The molecule has 0 radical (unpaired) electrons. The zero-order valence-electron chi connectivity index (χ0n) is 11.5. The predicted octanol–water partition coefficient (Wildman–Crippen LogP) is 4.43. The molecule has 0 amide bonds. The van der Waals surface area contributed by atoms with Crippen molar-refractivity contribution in [2.45, 2.75) is 0 Å². The van der Waals surface area contributed by atoms with Crippen molar-refractivity contribution in [3.8, 4) is 11.4 Å². The molecule has 3 rings (SSSR count). The number of halogens is 2. The Morgan fingerprint density at radius 1 is 1.09 bits per heavy atom. The van der Waals surface area contributed by atoms with Crippen LogP contribution in [0.4, 0.5) is 11.4 Å². The summed E-state index contributed by atoms with van der Waals surface area (Å²) in [5.74, 6) is 0. The third kappa shape index (κ3) is 2.84. The van der Waals surface area contributed by atoms with E-state index in [1.54, 1.807) is 18.2 Å². The molecule has 0 fully saturated rings. The first-order valence-electron chi connectivity index (χ1n) is 6.35. The van der Waals surface area contributed by atoms with Crippen LogP contribution in [0.3, 0.4) is 0 Å². The number of H-pyrrole nitrogens is 2. The van der Waals surface area contributed by atoms with Crippen LogP contribution < -0.4 is 5.56 Å². The molecule has 0 aliphatic carbocycles. The van der Waals surface area contributed by atoms with Gasteiger partial charge >= 0.3 is 0 Å². The van der Waals surface area contributed by atoms with Crippen LogP contribution in [0.25, 0.3) is 11.4 Å². The normalized spacial score (nSPS) is 11.4. The van der Waals surface area contributed by atoms with E-state index in [0.29, 0.717) is 21.4 Å². The summed E-state index contributed by atoms with van der Waals surface area (Å²) in [5.41, 5.74) is 1.69. The summed E-state index contributed by atoms with van der Waals surface area (Å²) in [6, 6.07) is 8.56. The molecule has 0 atom stereocenters. The number of benzene rings is 1. The molecule has 2 aromatic heterocycles. The van der Waals surface area contributed by atoms with Crippen LogP contribution in [-0.4, -0.2) is 14.8 Å². The summed E-state index contributed by atoms with van der Waals surface area (Å²) < 4.78 is 1.87. The summed E-state index contributed by atoms with van der Waals surface area (Å²) in [7, 11) is 1.87. The molecule has 0 aliphatic heterocycles. The largest absolute Gasteiger partial charge is 0.349 e. The Kier molecular flexibility index (Phi) is 3.87. The number of aromatic amines is 2. The van der Waals surface area contributed by atoms with E-state index >= 15 is 0 Å². The minimum absolute atomic E-state index is 0.192. The average Bonchev–Trinajstić information content (AvgIpc) is 3.01. The molecule has 1 aromatic carbocycles. The molecule has 0 spiro atoms. The van der Waals surface area contributed by atoms with E-state index < -0.39 is 0 Å². The van der Waals surface area contributed by atoms with E-state index in [0.717, 1.165) is 5.69 Å². The van der Waals surface area contributed by atoms with E-state index in [2.05, 4.69) is 20.4 Å². The Labute approximate surface area is 135 Å². The number of hydrogen-bond donors (Lipinski definition) is 2. The standard InChI is InChI=1S/C14H11Cl2N5O/c1-21-4-2-3-11(21)12-13(14(22)20-18-12)19-17-10-6-8(15)5-9(16)7-10/h2-7H,1H3,(H2,18,20,22). The number of rotatable bonds is 3. The van der Waals surface area contributed by atoms with Gasteiger partial charge in [-0.15, -0.1) is 5.11 Å². The lowest BCUT2D eigenvalue weighted by Gasteiger charge is -2.00. The summed E-state index contributed by atoms with van der Waals surface area (Å²) in [6.45, 7) is 0. The van der Waals surface area contributed by atoms with Gasteiger partial charge in [0, 0.05) is 23.3 Å². The van der Waals surface area contributed by atoms with E-state index in [4.69, 9.17) is 23.2 Å². The van der Waals surface area contributed by atoms with Gasteiger partial charge in [-0.1, -0.05) is 23.2 Å². The molecular formula is C14H11Cl2N5O. The van der Waals surface area contributed by atoms with Gasteiger partial charge < -0.3 is 4.57 Å². The molecular weight excluding hydrogens is 325 g/mol. The monoisotopic (exact) mass is 335 g/mol. The third-order valence-electron chi connectivity index (χ3n) is 3.07. The molecule has 8 heteroatoms. The molecule has 112 valence electrons. The van der Waals surface area contributed by atoms with Crippen molar-refractivity contribution in [2.75, 3.05) is 0 Å². The number of azo groups is 1. The Bertz CT molecular complexity index is 886. The van der Waals surface area contributed by atoms with Gasteiger partial charge in [-0.2, -0.15) is 5.11 Å². The highest BCUT2D eigenvalue weighted by molar-refractivity contribution is 6.35. The van der Waals surface area contributed by atoms with Crippen LogP contribution in [0.15, 0.2) is 51.6 Å². The van der Waals surface area contributed by atoms with Crippen molar-refractivity contribution in [1.29, 1.82) is 0 Å². The number of nitrogens with one attached hydrogen (secondary N) is 2. The first-order valence-corrected chi connectivity index (χ1v) is 7.10. The second-order valence-corrected chi connectivity index (χ2v) is 5.51. The van der Waals surface area contributed by atoms with Crippen LogP contribution >= 0.6 is 23.2 Å². The van der Waals surface area contributed by atoms with Crippen molar-refractivity contribution in [3.05, 3.63) is 56.9 Å². The SMILES string of the molecule is Cn1cccc1-c1[nH][nH]c(=O)c1N=Nc1cc(Cl)cc(Cl)c1. The number of hydrogen-bond acceptors (Lipinski definition) is 3. The maximum Gasteiger partial charge on any atom is 0.292 e. The van der Waals surface area contributed by atoms with Gasteiger partial charge in [0.1, 0.15) is 5.69 Å². The fourth-order valence-electron chi connectivity index (χ4n) is 2.06. The fourth-order valence-corrected chi connectivity index (χ4v) is 2.57. The maximum atomic E-state index is 11.9. The topological polar surface area (TPSA) is 78.3 Å². The van der Waals surface area contributed by atoms with Crippen molar-refractivity contribution < 1.29 is 0 Å². The van der Waals surface area contributed by atoms with E-state index in [1.807, 2.05) is 29.9 Å². The third-order valence-corrected chi connectivity index (χ3v) is 3.50. The lowest BCUT2D eigenvalue weighted by Crippen LogP contribution is -1.96. The molecule has 2 heterocycles. The molecule has 22 heavy (non-hydrogen) atoms. The lowest BCUT2D eigenvalue weighted by molar-refractivity contribution is 0.925. The van der Waals surface area contributed by atoms with Crippen molar-refractivity contribution >= 4 is 34.6 Å². The van der Waals surface area contributed by atoms with Crippen LogP contribution in [0, 0.1) is 0 Å². The van der Waals surface area contributed by atoms with Crippen LogP contribution in [-0.2, 0) is 7.05 Å². The van der Waals surface area contributed by atoms with Gasteiger partial charge in [-0.05, 0) is 30.3 Å². The summed E-state index contributed by atoms with van der Waals surface area (Å²) in [6.07, 6.45) is 1.87. The highest BCUT2D eigenvalue weighted by Crippen LogP contribution is 2.28. The Balaban J connectivity index is 2.03. The van der Waals surface area contributed by atoms with Gasteiger partial charge in [0.05, 0.1) is 11.4 Å². The predicted molar refractivity (Wildman–Crippen MR) is 86.5 cm³/mol. The highest BCUT2D eigenvalue weighted by atomic mass is 35.5. The molecule has 0 unspecified atom stereocenters. The summed E-state index contributed by atoms with van der Waals surface area (Å²) in [4.78, 5) is 11.9. The second kappa shape index (κ2) is 5.82. The quantitative estimate of drug-likeness (QED) is 0.682. The molecule has 0 saturated heterocycles. The Morgan fingerprint density at radius 2 is 1.82 bits per heavy atom. The summed E-state index contributed by atoms with van der Waals surface area (Å²) >= 11 is 11.8. The number of aromatic nitrogens is 3. The zero-order valence-corrected chi connectivity index (χ0v) is 13.0. The van der Waals surface area contributed by atoms with Crippen molar-refractivity contribution in [2.24, 2.45) is 17.3 Å². The lowest BCUT2D eigenvalue weighted by atomic mass is 10.3. The van der Waals surface area contributed by atoms with Gasteiger partial charge in [-0.3, -0.25) is 15.0 Å². The zero-order chi connectivity index (χ0) is 15.7. The Hall–Kier alpha value is -2.31. The molecule has 3 aromatic rings. The van der Waals surface area contributed by atoms with Crippen LogP contribution in [0.5, 0.6) is 0 Å².